The Labute approximate surface area is 209 Å². The molecule has 4 heteroatoms. The summed E-state index contributed by atoms with van der Waals surface area (Å²) >= 11 is 0. The Balaban J connectivity index is 1.91. The maximum absolute atomic E-state index is 10.6. The zero-order valence-electron chi connectivity index (χ0n) is 22.2. The third kappa shape index (κ3) is 4.72. The van der Waals surface area contributed by atoms with Crippen molar-refractivity contribution in [3.8, 4) is 11.4 Å². The fourth-order valence-corrected chi connectivity index (χ4v) is 5.18. The quantitative estimate of drug-likeness (QED) is 0.302. The second-order valence-corrected chi connectivity index (χ2v) is 9.88. The van der Waals surface area contributed by atoms with Gasteiger partial charge in [-0.15, -0.1) is 0 Å². The summed E-state index contributed by atoms with van der Waals surface area (Å²) in [5.41, 5.74) is 8.27. The second-order valence-electron chi connectivity index (χ2n) is 9.88. The Kier molecular flexibility index (Phi) is 7.05. The van der Waals surface area contributed by atoms with E-state index >= 15 is 0 Å². The minimum Gasteiger partial charge on any atom is -0.494 e. The molecular formula is C31H38N2O2. The Morgan fingerprint density at radius 1 is 0.914 bits per heavy atom. The van der Waals surface area contributed by atoms with E-state index in [0.717, 1.165) is 53.1 Å². The number of nitrogens with zero attached hydrogens (tertiary/aromatic N) is 2. The van der Waals surface area contributed by atoms with E-state index in [-0.39, 0.29) is 0 Å². The number of aryl methyl sites for hydroxylation is 3. The van der Waals surface area contributed by atoms with Crippen molar-refractivity contribution in [2.24, 2.45) is 0 Å². The highest BCUT2D eigenvalue weighted by molar-refractivity contribution is 5.88. The van der Waals surface area contributed by atoms with E-state index in [1.807, 2.05) is 20.8 Å². The smallest absolute Gasteiger partial charge is 0.123 e. The van der Waals surface area contributed by atoms with E-state index in [1.54, 1.807) is 0 Å². The highest BCUT2D eigenvalue weighted by Crippen LogP contribution is 2.34. The predicted octanol–water partition coefficient (Wildman–Crippen LogP) is 6.98. The average Bonchev–Trinajstić information content (AvgIpc) is 3.16. The maximum Gasteiger partial charge on any atom is 0.123 e. The monoisotopic (exact) mass is 470 g/mol. The average molecular weight is 471 g/mol. The van der Waals surface area contributed by atoms with Crippen LogP contribution in [0.5, 0.6) is 5.75 Å². The molecule has 0 aliphatic carbocycles. The summed E-state index contributed by atoms with van der Waals surface area (Å²) in [6.07, 6.45) is 2.52. The molecule has 184 valence electrons. The van der Waals surface area contributed by atoms with Crippen molar-refractivity contribution in [3.05, 3.63) is 87.7 Å². The fraction of sp³-hybridized carbons (Fsp3) is 0.387. The van der Waals surface area contributed by atoms with E-state index in [4.69, 9.17) is 9.84 Å². The molecule has 1 N–H and O–H groups in total. The van der Waals surface area contributed by atoms with Crippen molar-refractivity contribution in [1.29, 1.82) is 0 Å². The van der Waals surface area contributed by atoms with Crippen LogP contribution in [-0.2, 0) is 24.9 Å². The van der Waals surface area contributed by atoms with Gasteiger partial charge in [0.2, 0.25) is 0 Å². The number of hydrogen-bond donors (Lipinski definition) is 1. The van der Waals surface area contributed by atoms with Crippen LogP contribution in [0.4, 0.5) is 0 Å². The van der Waals surface area contributed by atoms with Crippen LogP contribution in [0.25, 0.3) is 16.5 Å². The molecule has 3 aromatic carbocycles. The van der Waals surface area contributed by atoms with Crippen molar-refractivity contribution in [2.75, 3.05) is 6.61 Å². The van der Waals surface area contributed by atoms with Gasteiger partial charge in [-0.2, -0.15) is 5.10 Å². The Hall–Kier alpha value is -3.11. The van der Waals surface area contributed by atoms with Gasteiger partial charge in [-0.1, -0.05) is 56.3 Å². The number of ether oxygens (including phenoxy) is 1. The summed E-state index contributed by atoms with van der Waals surface area (Å²) in [5, 5.41) is 18.2. The molecule has 4 rings (SSSR count). The molecule has 0 unspecified atom stereocenters. The fourth-order valence-electron chi connectivity index (χ4n) is 5.18. The molecule has 4 aromatic rings. The van der Waals surface area contributed by atoms with E-state index in [0.29, 0.717) is 6.61 Å². The number of hydrogen-bond acceptors (Lipinski definition) is 3. The highest BCUT2D eigenvalue weighted by Gasteiger charge is 2.23. The SMILES string of the molecule is CCOc1ccc2ccccc2c1Cc1c(CC)nn(-c2c(C)cc(C(C)(C)O)cc2C)c1CC. The van der Waals surface area contributed by atoms with E-state index in [2.05, 4.69) is 80.9 Å². The van der Waals surface area contributed by atoms with Gasteiger partial charge in [-0.3, -0.25) is 0 Å². The van der Waals surface area contributed by atoms with Crippen molar-refractivity contribution in [2.45, 2.75) is 73.3 Å². The molecule has 0 atom stereocenters. The lowest BCUT2D eigenvalue weighted by atomic mass is 9.93. The summed E-state index contributed by atoms with van der Waals surface area (Å²) in [6, 6.07) is 17.0. The maximum atomic E-state index is 10.6. The van der Waals surface area contributed by atoms with E-state index in [9.17, 15) is 5.11 Å². The van der Waals surface area contributed by atoms with Crippen molar-refractivity contribution in [3.63, 3.8) is 0 Å². The summed E-state index contributed by atoms with van der Waals surface area (Å²) in [7, 11) is 0. The molecule has 0 radical (unpaired) electrons. The Bertz CT molecular complexity index is 1340. The van der Waals surface area contributed by atoms with E-state index < -0.39 is 5.60 Å². The summed E-state index contributed by atoms with van der Waals surface area (Å²) in [6.45, 7) is 15.0. The molecule has 0 bridgehead atoms. The normalized spacial score (nSPS) is 11.9. The largest absolute Gasteiger partial charge is 0.494 e. The molecule has 0 amide bonds. The van der Waals surface area contributed by atoms with Crippen LogP contribution in [0, 0.1) is 13.8 Å². The zero-order chi connectivity index (χ0) is 25.3. The molecule has 1 heterocycles. The number of fused-ring (bicyclic) bond motifs is 1. The molecule has 4 nitrogen and oxygen atoms in total. The van der Waals surface area contributed by atoms with Gasteiger partial charge in [0.15, 0.2) is 0 Å². The molecular weight excluding hydrogens is 432 g/mol. The van der Waals surface area contributed by atoms with Crippen LogP contribution in [-0.4, -0.2) is 21.5 Å². The first-order valence-electron chi connectivity index (χ1n) is 12.8. The molecule has 0 saturated carbocycles. The van der Waals surface area contributed by atoms with Gasteiger partial charge in [0.1, 0.15) is 5.75 Å². The van der Waals surface area contributed by atoms with Crippen molar-refractivity contribution in [1.82, 2.24) is 9.78 Å². The lowest BCUT2D eigenvalue weighted by Gasteiger charge is -2.22. The lowest BCUT2D eigenvalue weighted by Crippen LogP contribution is -2.17. The second kappa shape index (κ2) is 9.87. The Morgan fingerprint density at radius 3 is 2.20 bits per heavy atom. The van der Waals surface area contributed by atoms with E-state index in [1.165, 1.54) is 27.6 Å². The number of benzene rings is 3. The molecule has 0 aliphatic rings. The third-order valence-corrected chi connectivity index (χ3v) is 6.90. The number of rotatable bonds is 8. The predicted molar refractivity (Wildman–Crippen MR) is 145 cm³/mol. The van der Waals surface area contributed by atoms with Gasteiger partial charge in [-0.05, 0) is 81.0 Å². The van der Waals surface area contributed by atoms with Crippen molar-refractivity contribution < 1.29 is 9.84 Å². The number of aromatic nitrogens is 2. The van der Waals surface area contributed by atoms with Gasteiger partial charge in [-0.25, -0.2) is 4.68 Å². The Morgan fingerprint density at radius 2 is 1.60 bits per heavy atom. The molecule has 0 spiro atoms. The topological polar surface area (TPSA) is 47.3 Å². The molecule has 35 heavy (non-hydrogen) atoms. The minimum absolute atomic E-state index is 0.637. The first-order valence-corrected chi connectivity index (χ1v) is 12.8. The van der Waals surface area contributed by atoms with Crippen molar-refractivity contribution >= 4 is 10.8 Å². The molecule has 1 aromatic heterocycles. The minimum atomic E-state index is -0.879. The summed E-state index contributed by atoms with van der Waals surface area (Å²) in [4.78, 5) is 0. The summed E-state index contributed by atoms with van der Waals surface area (Å²) in [5.74, 6) is 0.949. The van der Waals surface area contributed by atoms with Gasteiger partial charge in [0.05, 0.1) is 23.6 Å². The molecule has 0 fully saturated rings. The number of aliphatic hydroxyl groups is 1. The van der Waals surface area contributed by atoms with Crippen LogP contribution < -0.4 is 4.74 Å². The van der Waals surface area contributed by atoms with Crippen LogP contribution in [0.3, 0.4) is 0 Å². The first-order chi connectivity index (χ1) is 16.7. The van der Waals surface area contributed by atoms with Crippen LogP contribution >= 0.6 is 0 Å². The third-order valence-electron chi connectivity index (χ3n) is 6.90. The van der Waals surface area contributed by atoms with Gasteiger partial charge >= 0.3 is 0 Å². The van der Waals surface area contributed by atoms with Crippen LogP contribution in [0.1, 0.15) is 73.8 Å². The zero-order valence-corrected chi connectivity index (χ0v) is 22.2. The van der Waals surface area contributed by atoms with Gasteiger partial charge < -0.3 is 9.84 Å². The van der Waals surface area contributed by atoms with Gasteiger partial charge in [0, 0.05) is 23.2 Å². The van der Waals surface area contributed by atoms with Gasteiger partial charge in [0.25, 0.3) is 0 Å². The highest BCUT2D eigenvalue weighted by atomic mass is 16.5. The van der Waals surface area contributed by atoms with Crippen LogP contribution in [0.15, 0.2) is 48.5 Å². The molecule has 0 aliphatic heterocycles. The van der Waals surface area contributed by atoms with Crippen LogP contribution in [0.2, 0.25) is 0 Å². The lowest BCUT2D eigenvalue weighted by molar-refractivity contribution is 0.0785. The molecule has 0 saturated heterocycles. The summed E-state index contributed by atoms with van der Waals surface area (Å²) < 4.78 is 8.24. The first kappa shape index (κ1) is 25.0. The standard InChI is InChI=1S/C31H38N2O2/c1-8-27-26(19-25-24-14-12-11-13-22(24)15-16-29(25)35-10-3)28(9-2)33(32-27)30-20(4)17-23(18-21(30)5)31(6,7)34/h11-18,34H,8-10,19H2,1-7H3.